The Labute approximate surface area is 218 Å². The van der Waals surface area contributed by atoms with E-state index in [1.807, 2.05) is 0 Å². The van der Waals surface area contributed by atoms with E-state index in [4.69, 9.17) is 30.6 Å². The van der Waals surface area contributed by atoms with Crippen LogP contribution in [-0.4, -0.2) is 73.9 Å². The molecule has 0 spiro atoms. The molecular weight excluding hydrogens is 464 g/mol. The molecule has 0 saturated carbocycles. The third kappa shape index (κ3) is 25.8. The first-order chi connectivity index (χ1) is 17.3. The lowest BCUT2D eigenvalue weighted by atomic mass is 10.0. The highest BCUT2D eigenvalue weighted by atomic mass is 16.4. The summed E-state index contributed by atoms with van der Waals surface area (Å²) < 4.78 is 0. The molecular formula is C28H54O8. The quantitative estimate of drug-likeness (QED) is 0.0628. The Bertz CT molecular complexity index is 512. The van der Waals surface area contributed by atoms with Crippen molar-refractivity contribution in [1.82, 2.24) is 0 Å². The number of hydrogen-bond donors (Lipinski definition) is 6. The predicted molar refractivity (Wildman–Crippen MR) is 143 cm³/mol. The fraction of sp³-hybridized carbons (Fsp3) is 0.857. The highest BCUT2D eigenvalue weighted by molar-refractivity contribution is 5.66. The van der Waals surface area contributed by atoms with Crippen LogP contribution in [0.1, 0.15) is 122 Å². The van der Waals surface area contributed by atoms with Gasteiger partial charge in [0.2, 0.25) is 0 Å². The monoisotopic (exact) mass is 518 g/mol. The molecule has 0 rings (SSSR count). The Hall–Kier alpha value is -1.32. The van der Waals surface area contributed by atoms with Crippen LogP contribution in [0, 0.1) is 0 Å². The zero-order valence-electron chi connectivity index (χ0n) is 22.5. The number of aldehydes is 1. The molecule has 0 unspecified atom stereocenters. The highest BCUT2D eigenvalue weighted by Gasteiger charge is 2.29. The van der Waals surface area contributed by atoms with Crippen molar-refractivity contribution in [1.29, 1.82) is 0 Å². The summed E-state index contributed by atoms with van der Waals surface area (Å²) in [6, 6.07) is 0. The molecule has 0 heterocycles. The van der Waals surface area contributed by atoms with Crippen molar-refractivity contribution in [3.05, 3.63) is 12.2 Å². The van der Waals surface area contributed by atoms with E-state index in [0.717, 1.165) is 12.8 Å². The molecule has 8 heteroatoms. The lowest BCUT2D eigenvalue weighted by molar-refractivity contribution is -0.137. The van der Waals surface area contributed by atoms with Crippen molar-refractivity contribution in [2.75, 3.05) is 6.61 Å². The van der Waals surface area contributed by atoms with Gasteiger partial charge in [0, 0.05) is 6.42 Å². The minimum absolute atomic E-state index is 0.0258. The van der Waals surface area contributed by atoms with Gasteiger partial charge >= 0.3 is 5.97 Å². The molecule has 0 radical (unpaired) electrons. The fourth-order valence-electron chi connectivity index (χ4n) is 3.67. The molecule has 0 bridgehead atoms. The number of aliphatic hydroxyl groups excluding tert-OH is 5. The van der Waals surface area contributed by atoms with Crippen LogP contribution < -0.4 is 0 Å². The molecule has 214 valence electrons. The predicted octanol–water partition coefficient (Wildman–Crippen LogP) is 4.29. The lowest BCUT2D eigenvalue weighted by Crippen LogP contribution is -2.46. The lowest BCUT2D eigenvalue weighted by Gasteiger charge is -2.22. The fourth-order valence-corrected chi connectivity index (χ4v) is 3.67. The maximum atomic E-state index is 10.4. The first-order valence-corrected chi connectivity index (χ1v) is 14.0. The summed E-state index contributed by atoms with van der Waals surface area (Å²) in [6.07, 6.45) is 20.3. The standard InChI is InChI=1S/C22H42O2.C6H12O6/c1-2-3-4-5-6-7-8-9-10-11-12-13-14-15-16-17-18-19-20-21-22(23)24;7-1-3(9)5(11)6(12)4(10)2-8/h9-10H,2-8,11-21H2,1H3,(H,23,24);1,3-6,8-12H,2H2/b10-9-;/t;3-,4+,5+,6+/m.0/s1. The molecule has 0 aromatic rings. The number of aliphatic carboxylic acids is 1. The van der Waals surface area contributed by atoms with E-state index in [0.29, 0.717) is 6.42 Å². The van der Waals surface area contributed by atoms with E-state index < -0.39 is 37.0 Å². The molecule has 0 saturated heterocycles. The van der Waals surface area contributed by atoms with Crippen molar-refractivity contribution in [3.8, 4) is 0 Å². The van der Waals surface area contributed by atoms with Crippen LogP contribution in [0.15, 0.2) is 12.2 Å². The van der Waals surface area contributed by atoms with Gasteiger partial charge in [-0.15, -0.1) is 0 Å². The summed E-state index contributed by atoms with van der Waals surface area (Å²) in [6.45, 7) is 1.51. The highest BCUT2D eigenvalue weighted by Crippen LogP contribution is 2.12. The number of carbonyl (C=O) groups excluding carboxylic acids is 1. The molecule has 0 amide bonds. The van der Waals surface area contributed by atoms with Crippen LogP contribution in [-0.2, 0) is 9.59 Å². The van der Waals surface area contributed by atoms with Crippen LogP contribution >= 0.6 is 0 Å². The van der Waals surface area contributed by atoms with Gasteiger partial charge in [0.1, 0.15) is 24.4 Å². The van der Waals surface area contributed by atoms with Crippen LogP contribution in [0.3, 0.4) is 0 Å². The first kappa shape index (κ1) is 36.8. The minimum Gasteiger partial charge on any atom is -0.481 e. The third-order valence-electron chi connectivity index (χ3n) is 6.07. The third-order valence-corrected chi connectivity index (χ3v) is 6.07. The summed E-state index contributed by atoms with van der Waals surface area (Å²) in [4.78, 5) is 20.3. The molecule has 6 N–H and O–H groups in total. The van der Waals surface area contributed by atoms with Crippen molar-refractivity contribution in [2.24, 2.45) is 0 Å². The van der Waals surface area contributed by atoms with Crippen molar-refractivity contribution >= 4 is 12.3 Å². The van der Waals surface area contributed by atoms with Crippen LogP contribution in [0.25, 0.3) is 0 Å². The number of hydrogen-bond acceptors (Lipinski definition) is 7. The van der Waals surface area contributed by atoms with E-state index in [-0.39, 0.29) is 6.29 Å². The van der Waals surface area contributed by atoms with E-state index in [1.54, 1.807) is 0 Å². The Kier molecular flexibility index (Phi) is 28.9. The number of aliphatic hydroxyl groups is 5. The summed E-state index contributed by atoms with van der Waals surface area (Å²) >= 11 is 0. The van der Waals surface area contributed by atoms with Gasteiger partial charge in [-0.25, -0.2) is 0 Å². The number of carbonyl (C=O) groups is 2. The molecule has 0 aliphatic heterocycles. The number of rotatable bonds is 24. The second kappa shape index (κ2) is 28.3. The van der Waals surface area contributed by atoms with Gasteiger partial charge in [-0.2, -0.15) is 0 Å². The molecule has 8 nitrogen and oxygen atoms in total. The minimum atomic E-state index is -1.79. The first-order valence-electron chi connectivity index (χ1n) is 14.0. The van der Waals surface area contributed by atoms with E-state index in [2.05, 4.69) is 19.1 Å². The van der Waals surface area contributed by atoms with Gasteiger partial charge in [0.25, 0.3) is 0 Å². The molecule has 0 aliphatic carbocycles. The SMILES string of the molecule is CCCCCCCC/C=C\CCCCCCCCCCCC(=O)O.O=C[C@H](O)[C@@H](O)[C@H](O)[C@H](O)CO. The Morgan fingerprint density at radius 1 is 0.667 bits per heavy atom. The van der Waals surface area contributed by atoms with E-state index in [9.17, 15) is 9.59 Å². The largest absolute Gasteiger partial charge is 0.481 e. The maximum Gasteiger partial charge on any atom is 0.303 e. The van der Waals surface area contributed by atoms with Crippen LogP contribution in [0.5, 0.6) is 0 Å². The molecule has 0 aromatic heterocycles. The summed E-state index contributed by atoms with van der Waals surface area (Å²) in [5, 5.41) is 52.1. The average molecular weight is 519 g/mol. The number of carboxylic acids is 1. The second-order valence-electron chi connectivity index (χ2n) is 9.50. The molecule has 36 heavy (non-hydrogen) atoms. The zero-order valence-corrected chi connectivity index (χ0v) is 22.5. The van der Waals surface area contributed by atoms with E-state index >= 15 is 0 Å². The molecule has 0 aromatic carbocycles. The summed E-state index contributed by atoms with van der Waals surface area (Å²) in [5.41, 5.74) is 0. The van der Waals surface area contributed by atoms with Gasteiger partial charge in [0.15, 0.2) is 6.29 Å². The summed E-state index contributed by atoms with van der Waals surface area (Å²) in [7, 11) is 0. The molecule has 4 atom stereocenters. The normalized spacial score (nSPS) is 14.6. The van der Waals surface area contributed by atoms with Crippen molar-refractivity contribution < 1.29 is 40.2 Å². The zero-order chi connectivity index (χ0) is 27.4. The van der Waals surface area contributed by atoms with Crippen molar-refractivity contribution in [3.63, 3.8) is 0 Å². The number of allylic oxidation sites excluding steroid dienone is 2. The van der Waals surface area contributed by atoms with Gasteiger partial charge in [-0.1, -0.05) is 96.1 Å². The van der Waals surface area contributed by atoms with Crippen molar-refractivity contribution in [2.45, 2.75) is 147 Å². The van der Waals surface area contributed by atoms with Gasteiger partial charge in [-0.05, 0) is 32.1 Å². The Morgan fingerprint density at radius 2 is 1.08 bits per heavy atom. The number of unbranched alkanes of at least 4 members (excludes halogenated alkanes) is 15. The van der Waals surface area contributed by atoms with Crippen LogP contribution in [0.2, 0.25) is 0 Å². The van der Waals surface area contributed by atoms with E-state index in [1.165, 1.54) is 96.3 Å². The smallest absolute Gasteiger partial charge is 0.303 e. The van der Waals surface area contributed by atoms with Crippen LogP contribution in [0.4, 0.5) is 0 Å². The molecule has 0 fully saturated rings. The Balaban J connectivity index is 0. The van der Waals surface area contributed by atoms with Gasteiger partial charge in [-0.3, -0.25) is 4.79 Å². The Morgan fingerprint density at radius 3 is 1.47 bits per heavy atom. The van der Waals surface area contributed by atoms with Gasteiger partial charge < -0.3 is 35.4 Å². The molecule has 0 aliphatic rings. The van der Waals surface area contributed by atoms with Gasteiger partial charge in [0.05, 0.1) is 6.61 Å². The summed E-state index contributed by atoms with van der Waals surface area (Å²) in [5.74, 6) is -0.656. The maximum absolute atomic E-state index is 10.4. The average Bonchev–Trinajstić information content (AvgIpc) is 2.88. The topological polar surface area (TPSA) is 156 Å². The second-order valence-corrected chi connectivity index (χ2v) is 9.50. The number of carboxylic acid groups (broad SMARTS) is 1.